The molecule has 142 valence electrons. The van der Waals surface area contributed by atoms with Crippen LogP contribution in [0.4, 0.5) is 17.5 Å². The topological polar surface area (TPSA) is 144 Å². The van der Waals surface area contributed by atoms with Crippen molar-refractivity contribution in [1.82, 2.24) is 9.97 Å². The normalized spacial score (nSPS) is 12.0. The van der Waals surface area contributed by atoms with E-state index in [0.29, 0.717) is 13.0 Å². The minimum absolute atomic E-state index is 0.0286. The lowest BCUT2D eigenvalue weighted by Crippen LogP contribution is -2.25. The van der Waals surface area contributed by atoms with Gasteiger partial charge in [0.05, 0.1) is 5.56 Å². The van der Waals surface area contributed by atoms with Crippen LogP contribution in [0.2, 0.25) is 0 Å². The van der Waals surface area contributed by atoms with Gasteiger partial charge in [0.25, 0.3) is 5.56 Å². The fourth-order valence-electron chi connectivity index (χ4n) is 2.43. The number of benzene rings is 1. The molecule has 0 bridgehead atoms. The summed E-state index contributed by atoms with van der Waals surface area (Å²) in [6.45, 7) is 2.14. The van der Waals surface area contributed by atoms with Crippen LogP contribution < -0.4 is 22.3 Å². The fraction of sp³-hybridized carbons (Fsp3) is 0.263. The predicted octanol–water partition coefficient (Wildman–Crippen LogP) is 1.40. The van der Waals surface area contributed by atoms with Crippen LogP contribution in [0, 0.1) is 5.92 Å². The van der Waals surface area contributed by atoms with Gasteiger partial charge in [0.2, 0.25) is 5.95 Å². The zero-order valence-corrected chi connectivity index (χ0v) is 15.1. The molecule has 1 atom stereocenters. The van der Waals surface area contributed by atoms with E-state index < -0.39 is 11.5 Å². The van der Waals surface area contributed by atoms with E-state index in [1.807, 2.05) is 31.2 Å². The molecule has 6 N–H and O–H groups in total. The highest BCUT2D eigenvalue weighted by molar-refractivity contribution is 5.93. The van der Waals surface area contributed by atoms with Crippen molar-refractivity contribution in [2.24, 2.45) is 5.92 Å². The summed E-state index contributed by atoms with van der Waals surface area (Å²) < 4.78 is 0. The highest BCUT2D eigenvalue weighted by Crippen LogP contribution is 2.14. The molecule has 0 radical (unpaired) electrons. The molecule has 0 fully saturated rings. The van der Waals surface area contributed by atoms with Gasteiger partial charge >= 0.3 is 0 Å². The molecule has 0 aliphatic heterocycles. The summed E-state index contributed by atoms with van der Waals surface area (Å²) in [5.74, 6) is -0.421. The first-order chi connectivity index (χ1) is 12.9. The molecule has 2 rings (SSSR count). The Kier molecular flexibility index (Phi) is 6.87. The van der Waals surface area contributed by atoms with Crippen molar-refractivity contribution in [2.75, 3.05) is 23.3 Å². The van der Waals surface area contributed by atoms with Crippen molar-refractivity contribution < 1.29 is 9.59 Å². The van der Waals surface area contributed by atoms with Gasteiger partial charge in [0.15, 0.2) is 5.78 Å². The van der Waals surface area contributed by atoms with Gasteiger partial charge in [-0.3, -0.25) is 14.6 Å². The van der Waals surface area contributed by atoms with Gasteiger partial charge in [-0.15, -0.1) is 0 Å². The molecule has 8 nitrogen and oxygen atoms in total. The zero-order chi connectivity index (χ0) is 19.8. The van der Waals surface area contributed by atoms with Crippen LogP contribution in [0.15, 0.2) is 35.1 Å². The molecule has 0 amide bonds. The zero-order valence-electron chi connectivity index (χ0n) is 15.1. The first-order valence-electron chi connectivity index (χ1n) is 8.57. The van der Waals surface area contributed by atoms with E-state index in [0.717, 1.165) is 17.5 Å². The molecule has 0 saturated heterocycles. The maximum absolute atomic E-state index is 11.9. The molecule has 2 aromatic rings. The van der Waals surface area contributed by atoms with E-state index in [2.05, 4.69) is 15.3 Å². The highest BCUT2D eigenvalue weighted by atomic mass is 16.1. The van der Waals surface area contributed by atoms with Crippen LogP contribution in [-0.2, 0) is 16.0 Å². The average molecular weight is 369 g/mol. The molecule has 0 spiro atoms. The van der Waals surface area contributed by atoms with Crippen molar-refractivity contribution in [3.63, 3.8) is 0 Å². The Hall–Kier alpha value is -3.42. The van der Waals surface area contributed by atoms with E-state index in [4.69, 9.17) is 11.5 Å². The number of allylic oxidation sites excluding steroid dienone is 1. The lowest BCUT2D eigenvalue weighted by atomic mass is 10.0. The number of anilines is 3. The third-order valence-electron chi connectivity index (χ3n) is 4.01. The van der Waals surface area contributed by atoms with E-state index in [-0.39, 0.29) is 29.5 Å². The van der Waals surface area contributed by atoms with E-state index in [1.165, 1.54) is 0 Å². The highest BCUT2D eigenvalue weighted by Gasteiger charge is 2.15. The summed E-state index contributed by atoms with van der Waals surface area (Å²) in [6.07, 6.45) is 4.71. The summed E-state index contributed by atoms with van der Waals surface area (Å²) in [4.78, 5) is 40.8. The number of nitrogens with one attached hydrogen (secondary N) is 2. The number of hydrogen-bond donors (Lipinski definition) is 4. The number of hydrogen-bond acceptors (Lipinski definition) is 7. The molecule has 1 aromatic carbocycles. The fourth-order valence-corrected chi connectivity index (χ4v) is 2.43. The number of carbonyl (C=O) groups excluding carboxylic acids is 2. The Morgan fingerprint density at radius 3 is 2.59 bits per heavy atom. The Morgan fingerprint density at radius 1 is 1.30 bits per heavy atom. The van der Waals surface area contributed by atoms with Crippen molar-refractivity contribution in [1.29, 1.82) is 0 Å². The Bertz CT molecular complexity index is 887. The molecule has 8 heteroatoms. The van der Waals surface area contributed by atoms with Crippen molar-refractivity contribution in [3.05, 3.63) is 51.8 Å². The van der Waals surface area contributed by atoms with Crippen LogP contribution in [0.3, 0.4) is 0 Å². The van der Waals surface area contributed by atoms with E-state index in [1.54, 1.807) is 12.2 Å². The molecule has 27 heavy (non-hydrogen) atoms. The SMILES string of the molecule is CCC(=O)/C=C/c1ccc(NCC(C=O)Cc2c(N)nc(N)[nH]c2=O)cc1. The van der Waals surface area contributed by atoms with Gasteiger partial charge in [-0.1, -0.05) is 25.1 Å². The lowest BCUT2D eigenvalue weighted by molar-refractivity contribution is -0.114. The van der Waals surface area contributed by atoms with Crippen LogP contribution in [0.25, 0.3) is 6.08 Å². The van der Waals surface area contributed by atoms with Gasteiger partial charge in [-0.2, -0.15) is 4.98 Å². The van der Waals surface area contributed by atoms with Crippen LogP contribution >= 0.6 is 0 Å². The lowest BCUT2D eigenvalue weighted by Gasteiger charge is -2.13. The number of nitrogens with zero attached hydrogens (tertiary/aromatic N) is 1. The molecular formula is C19H23N5O3. The Labute approximate surface area is 156 Å². The number of aromatic nitrogens is 2. The van der Waals surface area contributed by atoms with Crippen LogP contribution in [0.1, 0.15) is 24.5 Å². The number of carbonyl (C=O) groups is 2. The molecule has 0 saturated carbocycles. The van der Waals surface area contributed by atoms with E-state index >= 15 is 0 Å². The quantitative estimate of drug-likeness (QED) is 0.386. The van der Waals surface area contributed by atoms with Gasteiger partial charge in [-0.25, -0.2) is 0 Å². The summed E-state index contributed by atoms with van der Waals surface area (Å²) in [7, 11) is 0. The maximum Gasteiger partial charge on any atom is 0.257 e. The number of nitrogen functional groups attached to an aromatic ring is 2. The summed E-state index contributed by atoms with van der Waals surface area (Å²) in [6, 6.07) is 7.43. The van der Waals surface area contributed by atoms with Gasteiger partial charge < -0.3 is 21.6 Å². The van der Waals surface area contributed by atoms with Crippen LogP contribution in [0.5, 0.6) is 0 Å². The van der Waals surface area contributed by atoms with Crippen molar-refractivity contribution in [2.45, 2.75) is 19.8 Å². The standard InChI is InChI=1S/C19H23N5O3/c1-2-15(26)8-5-12-3-6-14(7-4-12)22-10-13(11-25)9-16-17(20)23-19(21)24-18(16)27/h3-8,11,13,22H,2,9-10H2,1H3,(H5,20,21,23,24,27)/b8-5+. The van der Waals surface area contributed by atoms with Gasteiger partial charge in [0, 0.05) is 24.6 Å². The predicted molar refractivity (Wildman–Crippen MR) is 106 cm³/mol. The second kappa shape index (κ2) is 9.33. The first-order valence-corrected chi connectivity index (χ1v) is 8.57. The van der Waals surface area contributed by atoms with E-state index in [9.17, 15) is 14.4 Å². The number of ketones is 1. The monoisotopic (exact) mass is 369 g/mol. The number of H-pyrrole nitrogens is 1. The Balaban J connectivity index is 1.98. The van der Waals surface area contributed by atoms with Gasteiger partial charge in [0.1, 0.15) is 12.1 Å². The van der Waals surface area contributed by atoms with Gasteiger partial charge in [-0.05, 0) is 30.2 Å². The van der Waals surface area contributed by atoms with Crippen molar-refractivity contribution in [3.8, 4) is 0 Å². The third kappa shape index (κ3) is 5.81. The summed E-state index contributed by atoms with van der Waals surface area (Å²) >= 11 is 0. The smallest absolute Gasteiger partial charge is 0.257 e. The maximum atomic E-state index is 11.9. The number of rotatable bonds is 9. The molecule has 0 aliphatic rings. The first kappa shape index (κ1) is 19.9. The second-order valence-corrected chi connectivity index (χ2v) is 6.07. The molecule has 1 aromatic heterocycles. The Morgan fingerprint density at radius 2 is 2.00 bits per heavy atom. The third-order valence-corrected chi connectivity index (χ3v) is 4.01. The average Bonchev–Trinajstić information content (AvgIpc) is 2.65. The molecule has 1 unspecified atom stereocenters. The number of nitrogens with two attached hydrogens (primary N) is 2. The molecule has 0 aliphatic carbocycles. The largest absolute Gasteiger partial charge is 0.384 e. The second-order valence-electron chi connectivity index (χ2n) is 6.07. The minimum Gasteiger partial charge on any atom is -0.384 e. The summed E-state index contributed by atoms with van der Waals surface area (Å²) in [5.41, 5.74) is 12.7. The van der Waals surface area contributed by atoms with Crippen molar-refractivity contribution >= 4 is 35.6 Å². The molecule has 1 heterocycles. The van der Waals surface area contributed by atoms with Crippen LogP contribution in [-0.4, -0.2) is 28.6 Å². The number of aromatic amines is 1. The minimum atomic E-state index is -0.458. The molecular weight excluding hydrogens is 346 g/mol. The summed E-state index contributed by atoms with van der Waals surface area (Å²) in [5, 5.41) is 3.15. The number of aldehydes is 1.